The Bertz CT molecular complexity index is 250. The number of likely N-dealkylation sites (N-methyl/N-ethyl adjacent to an activating group) is 1. The molecule has 2 atom stereocenters. The molecule has 1 N–H and O–H groups in total. The van der Waals surface area contributed by atoms with Gasteiger partial charge in [-0.05, 0) is 46.7 Å². The van der Waals surface area contributed by atoms with Gasteiger partial charge in [-0.15, -0.1) is 0 Å². The van der Waals surface area contributed by atoms with Gasteiger partial charge in [0.05, 0.1) is 0 Å². The number of hydrogen-bond donors (Lipinski definition) is 1. The number of rotatable bonds is 3. The molecule has 106 valence electrons. The highest BCUT2D eigenvalue weighted by molar-refractivity contribution is 4.85. The molecule has 2 aliphatic rings. The molecule has 2 heterocycles. The van der Waals surface area contributed by atoms with Gasteiger partial charge >= 0.3 is 0 Å². The Balaban J connectivity index is 1.79. The lowest BCUT2D eigenvalue weighted by Crippen LogP contribution is -2.56. The van der Waals surface area contributed by atoms with Gasteiger partial charge in [-0.25, -0.2) is 5.01 Å². The van der Waals surface area contributed by atoms with Gasteiger partial charge in [-0.2, -0.15) is 0 Å². The van der Waals surface area contributed by atoms with Gasteiger partial charge in [0.2, 0.25) is 0 Å². The Morgan fingerprint density at radius 2 is 1.72 bits per heavy atom. The average Bonchev–Trinajstić information content (AvgIpc) is 2.37. The highest BCUT2D eigenvalue weighted by Crippen LogP contribution is 2.21. The molecular formula is C14H30N4. The van der Waals surface area contributed by atoms with Crippen molar-refractivity contribution >= 4 is 0 Å². The topological polar surface area (TPSA) is 21.8 Å². The zero-order valence-corrected chi connectivity index (χ0v) is 12.5. The molecule has 0 saturated carbocycles. The number of hydrogen-bond acceptors (Lipinski definition) is 4. The first-order chi connectivity index (χ1) is 8.60. The first-order valence-electron chi connectivity index (χ1n) is 7.46. The van der Waals surface area contributed by atoms with Crippen LogP contribution in [0, 0.1) is 5.92 Å². The van der Waals surface area contributed by atoms with Gasteiger partial charge < -0.3 is 4.90 Å². The fourth-order valence-corrected chi connectivity index (χ4v) is 3.30. The first-order valence-corrected chi connectivity index (χ1v) is 7.46. The molecule has 0 aliphatic carbocycles. The molecular weight excluding hydrogens is 224 g/mol. The van der Waals surface area contributed by atoms with E-state index in [1.54, 1.807) is 0 Å². The number of piperidine rings is 1. The largest absolute Gasteiger partial charge is 0.301 e. The Morgan fingerprint density at radius 3 is 2.33 bits per heavy atom. The summed E-state index contributed by atoms with van der Waals surface area (Å²) in [7, 11) is 4.29. The second kappa shape index (κ2) is 6.33. The van der Waals surface area contributed by atoms with E-state index >= 15 is 0 Å². The fourth-order valence-electron chi connectivity index (χ4n) is 3.30. The van der Waals surface area contributed by atoms with Crippen LogP contribution in [0.4, 0.5) is 0 Å². The summed E-state index contributed by atoms with van der Waals surface area (Å²) in [6.07, 6.45) is 2.68. The summed E-state index contributed by atoms with van der Waals surface area (Å²) in [5.74, 6) is 0.896. The van der Waals surface area contributed by atoms with E-state index in [4.69, 9.17) is 0 Å². The molecule has 0 amide bonds. The minimum atomic E-state index is 0.707. The van der Waals surface area contributed by atoms with Crippen LogP contribution < -0.4 is 5.43 Å². The lowest BCUT2D eigenvalue weighted by atomic mass is 9.95. The molecule has 0 bridgehead atoms. The van der Waals surface area contributed by atoms with Gasteiger partial charge in [0.15, 0.2) is 0 Å². The average molecular weight is 254 g/mol. The van der Waals surface area contributed by atoms with Gasteiger partial charge in [-0.3, -0.25) is 10.3 Å². The molecule has 0 aromatic heterocycles. The zero-order valence-electron chi connectivity index (χ0n) is 12.5. The van der Waals surface area contributed by atoms with Crippen molar-refractivity contribution in [1.29, 1.82) is 0 Å². The van der Waals surface area contributed by atoms with Crippen LogP contribution in [0.1, 0.15) is 26.7 Å². The lowest BCUT2D eigenvalue weighted by molar-refractivity contribution is 0.0342. The third-order valence-corrected chi connectivity index (χ3v) is 4.85. The van der Waals surface area contributed by atoms with Crippen molar-refractivity contribution < 1.29 is 0 Å². The van der Waals surface area contributed by atoms with E-state index in [9.17, 15) is 0 Å². The van der Waals surface area contributed by atoms with Crippen LogP contribution in [0.5, 0.6) is 0 Å². The van der Waals surface area contributed by atoms with Crippen LogP contribution in [-0.2, 0) is 0 Å². The summed E-state index contributed by atoms with van der Waals surface area (Å²) >= 11 is 0. The molecule has 2 unspecified atom stereocenters. The van der Waals surface area contributed by atoms with Crippen molar-refractivity contribution in [3.63, 3.8) is 0 Å². The van der Waals surface area contributed by atoms with Crippen LogP contribution in [0.25, 0.3) is 0 Å². The molecule has 0 aromatic carbocycles. The van der Waals surface area contributed by atoms with E-state index in [1.807, 2.05) is 7.05 Å². The molecule has 4 heteroatoms. The van der Waals surface area contributed by atoms with E-state index < -0.39 is 0 Å². The molecule has 2 rings (SSSR count). The highest BCUT2D eigenvalue weighted by Gasteiger charge is 2.29. The molecule has 2 aliphatic heterocycles. The third-order valence-electron chi connectivity index (χ3n) is 4.85. The predicted octanol–water partition coefficient (Wildman–Crippen LogP) is 0.857. The molecule has 0 aromatic rings. The van der Waals surface area contributed by atoms with Gasteiger partial charge in [0.25, 0.3) is 0 Å². The zero-order chi connectivity index (χ0) is 13.1. The molecule has 0 spiro atoms. The number of nitrogens with one attached hydrogen (secondary N) is 1. The third kappa shape index (κ3) is 3.44. The molecule has 2 saturated heterocycles. The summed E-state index contributed by atoms with van der Waals surface area (Å²) in [6.45, 7) is 10.9. The highest BCUT2D eigenvalue weighted by atomic mass is 15.5. The van der Waals surface area contributed by atoms with E-state index in [0.717, 1.165) is 5.92 Å². The van der Waals surface area contributed by atoms with Gasteiger partial charge in [0.1, 0.15) is 0 Å². The Morgan fingerprint density at radius 1 is 1.06 bits per heavy atom. The Kier molecular flexibility index (Phi) is 5.01. The molecule has 2 fully saturated rings. The molecule has 4 nitrogen and oxygen atoms in total. The summed E-state index contributed by atoms with van der Waals surface area (Å²) in [4.78, 5) is 5.20. The summed E-state index contributed by atoms with van der Waals surface area (Å²) < 4.78 is 0. The molecule has 18 heavy (non-hydrogen) atoms. The Labute approximate surface area is 112 Å². The van der Waals surface area contributed by atoms with Crippen molar-refractivity contribution in [3.8, 4) is 0 Å². The monoisotopic (exact) mass is 254 g/mol. The second-order valence-electron chi connectivity index (χ2n) is 6.25. The summed E-state index contributed by atoms with van der Waals surface area (Å²) in [5.41, 5.74) is 3.26. The van der Waals surface area contributed by atoms with Crippen LogP contribution in [0.15, 0.2) is 0 Å². The van der Waals surface area contributed by atoms with Gasteiger partial charge in [0, 0.05) is 44.8 Å². The first kappa shape index (κ1) is 14.3. The smallest absolute Gasteiger partial charge is 0.0195 e. The normalized spacial score (nSPS) is 34.0. The van der Waals surface area contributed by atoms with Crippen LogP contribution in [0.2, 0.25) is 0 Å². The standard InChI is InChI=1S/C14H30N4/c1-12-10-17(13(2)9-16(12)4)11-14-5-7-18(15-3)8-6-14/h12-15H,5-11H2,1-4H3. The van der Waals surface area contributed by atoms with E-state index in [2.05, 4.69) is 41.1 Å². The van der Waals surface area contributed by atoms with Crippen molar-refractivity contribution in [2.75, 3.05) is 46.8 Å². The van der Waals surface area contributed by atoms with Crippen molar-refractivity contribution in [2.24, 2.45) is 5.92 Å². The van der Waals surface area contributed by atoms with Crippen LogP contribution >= 0.6 is 0 Å². The second-order valence-corrected chi connectivity index (χ2v) is 6.25. The van der Waals surface area contributed by atoms with Crippen LogP contribution in [-0.4, -0.2) is 73.7 Å². The minimum absolute atomic E-state index is 0.707. The van der Waals surface area contributed by atoms with Crippen LogP contribution in [0.3, 0.4) is 0 Å². The number of piperazine rings is 1. The minimum Gasteiger partial charge on any atom is -0.301 e. The van der Waals surface area contributed by atoms with Crippen molar-refractivity contribution in [3.05, 3.63) is 0 Å². The van der Waals surface area contributed by atoms with Crippen molar-refractivity contribution in [1.82, 2.24) is 20.2 Å². The van der Waals surface area contributed by atoms with E-state index in [-0.39, 0.29) is 0 Å². The maximum Gasteiger partial charge on any atom is 0.0195 e. The van der Waals surface area contributed by atoms with Gasteiger partial charge in [-0.1, -0.05) is 0 Å². The quantitative estimate of drug-likeness (QED) is 0.806. The maximum atomic E-state index is 3.26. The number of nitrogens with zero attached hydrogens (tertiary/aromatic N) is 3. The maximum absolute atomic E-state index is 3.26. The van der Waals surface area contributed by atoms with E-state index in [1.165, 1.54) is 45.6 Å². The number of hydrazine groups is 1. The predicted molar refractivity (Wildman–Crippen MR) is 76.5 cm³/mol. The lowest BCUT2D eigenvalue weighted by Gasteiger charge is -2.44. The molecule has 0 radical (unpaired) electrons. The summed E-state index contributed by atoms with van der Waals surface area (Å²) in [6, 6.07) is 1.42. The van der Waals surface area contributed by atoms with Crippen molar-refractivity contribution in [2.45, 2.75) is 38.8 Å². The SMILES string of the molecule is CNN1CCC(CN2CC(C)N(C)CC2C)CC1. The summed E-state index contributed by atoms with van der Waals surface area (Å²) in [5, 5.41) is 2.34. The van der Waals surface area contributed by atoms with E-state index in [0.29, 0.717) is 12.1 Å². The fraction of sp³-hybridized carbons (Fsp3) is 1.00. The Hall–Kier alpha value is -0.160.